The van der Waals surface area contributed by atoms with Crippen LogP contribution in [0.15, 0.2) is 0 Å². The van der Waals surface area contributed by atoms with E-state index in [-0.39, 0.29) is 13.0 Å². The summed E-state index contributed by atoms with van der Waals surface area (Å²) in [6.07, 6.45) is -0.177. The quantitative estimate of drug-likeness (QED) is 0.666. The summed E-state index contributed by atoms with van der Waals surface area (Å²) < 4.78 is 4.71. The molecule has 0 amide bonds. The van der Waals surface area contributed by atoms with Crippen molar-refractivity contribution in [1.29, 1.82) is 0 Å². The van der Waals surface area contributed by atoms with E-state index in [1.807, 2.05) is 6.92 Å². The Labute approximate surface area is 121 Å². The molecular formula is C15H28O5. The Bertz CT molecular complexity index is 332. The average molecular weight is 288 g/mol. The van der Waals surface area contributed by atoms with Gasteiger partial charge in [-0.05, 0) is 18.8 Å². The number of Topliss-reactive ketones (excluding diaryl/α,β-unsaturated/α-hetero) is 1. The second kappa shape index (κ2) is 7.74. The largest absolute Gasteiger partial charge is 0.466 e. The molecule has 0 aromatic rings. The van der Waals surface area contributed by atoms with Crippen LogP contribution in [0.25, 0.3) is 0 Å². The third-order valence-electron chi connectivity index (χ3n) is 3.51. The Hall–Kier alpha value is -0.940. The molecule has 5 heteroatoms. The van der Waals surface area contributed by atoms with Crippen LogP contribution in [-0.2, 0) is 14.3 Å². The zero-order valence-corrected chi connectivity index (χ0v) is 13.2. The van der Waals surface area contributed by atoms with Gasteiger partial charge in [-0.3, -0.25) is 9.59 Å². The molecule has 0 rings (SSSR count). The van der Waals surface area contributed by atoms with Crippen LogP contribution < -0.4 is 0 Å². The number of aliphatic hydroxyl groups is 2. The first-order valence-electron chi connectivity index (χ1n) is 7.20. The number of rotatable bonds is 8. The van der Waals surface area contributed by atoms with Crippen molar-refractivity contribution in [2.75, 3.05) is 6.61 Å². The van der Waals surface area contributed by atoms with Crippen LogP contribution in [0.3, 0.4) is 0 Å². The second-order valence-corrected chi connectivity index (χ2v) is 6.10. The third kappa shape index (κ3) is 4.87. The van der Waals surface area contributed by atoms with Gasteiger partial charge in [0.05, 0.1) is 13.0 Å². The lowest BCUT2D eigenvalue weighted by Gasteiger charge is -2.40. The van der Waals surface area contributed by atoms with Crippen molar-refractivity contribution in [1.82, 2.24) is 0 Å². The fraction of sp³-hybridized carbons (Fsp3) is 0.867. The van der Waals surface area contributed by atoms with Gasteiger partial charge in [0.25, 0.3) is 0 Å². The van der Waals surface area contributed by atoms with Crippen LogP contribution in [0.5, 0.6) is 0 Å². The summed E-state index contributed by atoms with van der Waals surface area (Å²) >= 11 is 0. The van der Waals surface area contributed by atoms with Crippen LogP contribution in [0.4, 0.5) is 0 Å². The SMILES string of the molecule is CCCCC(O)(C(=O)C(O)CC(=O)OCC)C(C)(C)C. The molecule has 0 radical (unpaired) electrons. The molecule has 0 aliphatic heterocycles. The van der Waals surface area contributed by atoms with E-state index in [9.17, 15) is 19.8 Å². The van der Waals surface area contributed by atoms with E-state index in [4.69, 9.17) is 4.74 Å². The lowest BCUT2D eigenvalue weighted by Crippen LogP contribution is -2.54. The smallest absolute Gasteiger partial charge is 0.308 e. The second-order valence-electron chi connectivity index (χ2n) is 6.10. The Kier molecular flexibility index (Phi) is 7.38. The van der Waals surface area contributed by atoms with Gasteiger partial charge in [0.1, 0.15) is 11.7 Å². The summed E-state index contributed by atoms with van der Waals surface area (Å²) in [5.74, 6) is -1.34. The number of carbonyl (C=O) groups excluding carboxylic acids is 2. The van der Waals surface area contributed by atoms with Gasteiger partial charge in [-0.25, -0.2) is 0 Å². The van der Waals surface area contributed by atoms with Crippen LogP contribution in [0.1, 0.15) is 60.3 Å². The predicted molar refractivity (Wildman–Crippen MR) is 76.2 cm³/mol. The first-order chi connectivity index (χ1) is 9.10. The van der Waals surface area contributed by atoms with E-state index in [0.29, 0.717) is 6.42 Å². The normalized spacial score (nSPS) is 16.4. The Morgan fingerprint density at radius 3 is 2.15 bits per heavy atom. The highest BCUT2D eigenvalue weighted by Gasteiger charge is 2.48. The minimum Gasteiger partial charge on any atom is -0.466 e. The van der Waals surface area contributed by atoms with Crippen molar-refractivity contribution in [3.8, 4) is 0 Å². The van der Waals surface area contributed by atoms with Crippen molar-refractivity contribution < 1.29 is 24.5 Å². The molecular weight excluding hydrogens is 260 g/mol. The summed E-state index contributed by atoms with van der Waals surface area (Å²) in [5.41, 5.74) is -2.36. The molecule has 2 atom stereocenters. The summed E-state index contributed by atoms with van der Waals surface area (Å²) in [6, 6.07) is 0. The van der Waals surface area contributed by atoms with Gasteiger partial charge in [-0.2, -0.15) is 0 Å². The topological polar surface area (TPSA) is 83.8 Å². The number of ether oxygens (including phenoxy) is 1. The zero-order valence-electron chi connectivity index (χ0n) is 13.2. The standard InChI is InChI=1S/C15H28O5/c1-6-8-9-15(19,14(3,4)5)13(18)11(16)10-12(17)20-7-2/h11,16,19H,6-10H2,1-5H3. The van der Waals surface area contributed by atoms with E-state index in [0.717, 1.165) is 6.42 Å². The van der Waals surface area contributed by atoms with Crippen LogP contribution >= 0.6 is 0 Å². The fourth-order valence-corrected chi connectivity index (χ4v) is 2.05. The highest BCUT2D eigenvalue weighted by Crippen LogP contribution is 2.36. The van der Waals surface area contributed by atoms with Gasteiger partial charge >= 0.3 is 5.97 Å². The maximum Gasteiger partial charge on any atom is 0.308 e. The van der Waals surface area contributed by atoms with Crippen LogP contribution in [0.2, 0.25) is 0 Å². The molecule has 2 N–H and O–H groups in total. The summed E-state index contributed by atoms with van der Waals surface area (Å²) in [4.78, 5) is 23.7. The molecule has 0 spiro atoms. The molecule has 0 aromatic heterocycles. The molecule has 0 heterocycles. The van der Waals surface area contributed by atoms with E-state index in [2.05, 4.69) is 0 Å². The molecule has 0 saturated heterocycles. The number of carbonyl (C=O) groups is 2. The van der Waals surface area contributed by atoms with E-state index in [1.165, 1.54) is 0 Å². The predicted octanol–water partition coefficient (Wildman–Crippen LogP) is 1.84. The molecule has 118 valence electrons. The molecule has 20 heavy (non-hydrogen) atoms. The number of unbranched alkanes of at least 4 members (excludes halogenated alkanes) is 1. The summed E-state index contributed by atoms with van der Waals surface area (Å²) in [6.45, 7) is 9.05. The molecule has 5 nitrogen and oxygen atoms in total. The van der Waals surface area contributed by atoms with Crippen molar-refractivity contribution in [3.63, 3.8) is 0 Å². The number of esters is 1. The lowest BCUT2D eigenvalue weighted by molar-refractivity contribution is -0.164. The van der Waals surface area contributed by atoms with E-state index in [1.54, 1.807) is 27.7 Å². The minimum atomic E-state index is -1.64. The Balaban J connectivity index is 5.00. The van der Waals surface area contributed by atoms with Gasteiger partial charge in [0.2, 0.25) is 0 Å². The summed E-state index contributed by atoms with van der Waals surface area (Å²) in [5, 5.41) is 20.6. The summed E-state index contributed by atoms with van der Waals surface area (Å²) in [7, 11) is 0. The van der Waals surface area contributed by atoms with Gasteiger partial charge in [-0.1, -0.05) is 40.5 Å². The zero-order chi connectivity index (χ0) is 16.0. The molecule has 2 unspecified atom stereocenters. The average Bonchev–Trinajstić information content (AvgIpc) is 2.33. The number of ketones is 1. The van der Waals surface area contributed by atoms with Crippen molar-refractivity contribution in [3.05, 3.63) is 0 Å². The maximum absolute atomic E-state index is 12.3. The maximum atomic E-state index is 12.3. The van der Waals surface area contributed by atoms with E-state index >= 15 is 0 Å². The van der Waals surface area contributed by atoms with E-state index < -0.39 is 35.3 Å². The van der Waals surface area contributed by atoms with Crippen LogP contribution in [0, 0.1) is 5.41 Å². The van der Waals surface area contributed by atoms with Crippen molar-refractivity contribution in [2.45, 2.75) is 72.0 Å². The highest BCUT2D eigenvalue weighted by molar-refractivity contribution is 5.94. The first kappa shape index (κ1) is 19.1. The molecule has 0 saturated carbocycles. The molecule has 0 bridgehead atoms. The molecule has 0 aliphatic rings. The van der Waals surface area contributed by atoms with Crippen molar-refractivity contribution in [2.24, 2.45) is 5.41 Å². The Morgan fingerprint density at radius 2 is 1.75 bits per heavy atom. The Morgan fingerprint density at radius 1 is 1.20 bits per heavy atom. The van der Waals surface area contributed by atoms with Gasteiger partial charge in [-0.15, -0.1) is 0 Å². The fourth-order valence-electron chi connectivity index (χ4n) is 2.05. The molecule has 0 fully saturated rings. The van der Waals surface area contributed by atoms with Gasteiger partial charge in [0, 0.05) is 0 Å². The van der Waals surface area contributed by atoms with Crippen molar-refractivity contribution >= 4 is 11.8 Å². The minimum absolute atomic E-state index is 0.194. The monoisotopic (exact) mass is 288 g/mol. The number of hydrogen-bond donors (Lipinski definition) is 2. The first-order valence-corrected chi connectivity index (χ1v) is 7.20. The number of hydrogen-bond acceptors (Lipinski definition) is 5. The highest BCUT2D eigenvalue weighted by atomic mass is 16.5. The molecule has 0 aromatic carbocycles. The molecule has 0 aliphatic carbocycles. The van der Waals surface area contributed by atoms with Gasteiger partial charge in [0.15, 0.2) is 5.78 Å². The number of aliphatic hydroxyl groups excluding tert-OH is 1. The lowest BCUT2D eigenvalue weighted by atomic mass is 9.69. The third-order valence-corrected chi connectivity index (χ3v) is 3.51. The van der Waals surface area contributed by atoms with Gasteiger partial charge < -0.3 is 14.9 Å². The van der Waals surface area contributed by atoms with Crippen LogP contribution in [-0.4, -0.2) is 40.3 Å².